The summed E-state index contributed by atoms with van der Waals surface area (Å²) in [6.07, 6.45) is 6.12. The Bertz CT molecular complexity index is 295. The molecule has 0 atom stereocenters. The van der Waals surface area contributed by atoms with Gasteiger partial charge in [-0.25, -0.2) is 0 Å². The predicted octanol–water partition coefficient (Wildman–Crippen LogP) is 4.07. The molecule has 0 heterocycles. The van der Waals surface area contributed by atoms with E-state index in [2.05, 4.69) is 30.3 Å². The van der Waals surface area contributed by atoms with E-state index in [-0.39, 0.29) is 5.12 Å². The molecule has 2 heteroatoms. The van der Waals surface area contributed by atoms with E-state index in [0.29, 0.717) is 0 Å². The van der Waals surface area contributed by atoms with Gasteiger partial charge >= 0.3 is 0 Å². The first-order valence-electron chi connectivity index (χ1n) is 5.96. The van der Waals surface area contributed by atoms with Gasteiger partial charge in [0.1, 0.15) is 0 Å². The summed E-state index contributed by atoms with van der Waals surface area (Å²) in [4.78, 5) is 10.7. The lowest BCUT2D eigenvalue weighted by Crippen LogP contribution is -1.88. The van der Waals surface area contributed by atoms with Crippen LogP contribution in [0.5, 0.6) is 0 Å². The first-order valence-corrected chi connectivity index (χ1v) is 6.95. The van der Waals surface area contributed by atoms with Crippen molar-refractivity contribution in [1.29, 1.82) is 0 Å². The molecule has 1 aromatic carbocycles. The average molecular weight is 236 g/mol. The Hall–Kier alpha value is -0.760. The Morgan fingerprint density at radius 2 is 1.75 bits per heavy atom. The Balaban J connectivity index is 1.94. The van der Waals surface area contributed by atoms with Crippen molar-refractivity contribution in [3.8, 4) is 0 Å². The number of carbonyl (C=O) groups is 1. The van der Waals surface area contributed by atoms with Gasteiger partial charge < -0.3 is 0 Å². The highest BCUT2D eigenvalue weighted by Gasteiger charge is 1.95. The predicted molar refractivity (Wildman–Crippen MR) is 71.8 cm³/mol. The molecule has 0 unspecified atom stereocenters. The first kappa shape index (κ1) is 13.3. The molecule has 88 valence electrons. The molecule has 0 saturated carbocycles. The highest BCUT2D eigenvalue weighted by Crippen LogP contribution is 2.10. The van der Waals surface area contributed by atoms with Gasteiger partial charge in [0, 0.05) is 12.7 Å². The fraction of sp³-hybridized carbons (Fsp3) is 0.500. The third kappa shape index (κ3) is 6.67. The zero-order chi connectivity index (χ0) is 11.6. The van der Waals surface area contributed by atoms with Crippen LogP contribution >= 0.6 is 11.8 Å². The topological polar surface area (TPSA) is 17.1 Å². The second-order valence-electron chi connectivity index (χ2n) is 3.99. The number of aryl methyl sites for hydroxylation is 1. The number of carbonyl (C=O) groups excluding carboxylic acids is 1. The molecule has 0 aliphatic rings. The van der Waals surface area contributed by atoms with Crippen LogP contribution in [0.15, 0.2) is 30.3 Å². The molecule has 0 aliphatic heterocycles. The SMILES string of the molecule is CC(=O)SCCCCCCc1ccccc1. The summed E-state index contributed by atoms with van der Waals surface area (Å²) in [5.74, 6) is 0.987. The standard InChI is InChI=1S/C14H20OS/c1-13(15)16-12-8-3-2-5-9-14-10-6-4-7-11-14/h4,6-7,10-11H,2-3,5,8-9,12H2,1H3. The quantitative estimate of drug-likeness (QED) is 0.664. The van der Waals surface area contributed by atoms with E-state index >= 15 is 0 Å². The van der Waals surface area contributed by atoms with E-state index in [0.717, 1.165) is 5.75 Å². The van der Waals surface area contributed by atoms with Crippen molar-refractivity contribution < 1.29 is 4.79 Å². The van der Waals surface area contributed by atoms with E-state index in [1.807, 2.05) is 0 Å². The molecule has 0 saturated heterocycles. The van der Waals surface area contributed by atoms with Gasteiger partial charge in [-0.3, -0.25) is 4.79 Å². The number of hydrogen-bond acceptors (Lipinski definition) is 2. The third-order valence-corrected chi connectivity index (χ3v) is 3.41. The Morgan fingerprint density at radius 3 is 2.44 bits per heavy atom. The monoisotopic (exact) mass is 236 g/mol. The van der Waals surface area contributed by atoms with Gasteiger partial charge in [0.05, 0.1) is 0 Å². The number of thioether (sulfide) groups is 1. The summed E-state index contributed by atoms with van der Waals surface area (Å²) in [6.45, 7) is 1.64. The fourth-order valence-corrected chi connectivity index (χ4v) is 2.28. The molecular weight excluding hydrogens is 216 g/mol. The van der Waals surface area contributed by atoms with Crippen LogP contribution in [-0.2, 0) is 11.2 Å². The van der Waals surface area contributed by atoms with Crippen molar-refractivity contribution in [2.45, 2.75) is 39.0 Å². The molecule has 16 heavy (non-hydrogen) atoms. The van der Waals surface area contributed by atoms with Crippen molar-refractivity contribution in [2.75, 3.05) is 5.75 Å². The van der Waals surface area contributed by atoms with Crippen molar-refractivity contribution >= 4 is 16.9 Å². The van der Waals surface area contributed by atoms with E-state index in [9.17, 15) is 4.79 Å². The maximum atomic E-state index is 10.7. The number of unbranched alkanes of at least 4 members (excludes halogenated alkanes) is 3. The molecule has 0 amide bonds. The summed E-state index contributed by atoms with van der Waals surface area (Å²) in [6, 6.07) is 10.6. The largest absolute Gasteiger partial charge is 0.288 e. The average Bonchev–Trinajstić information content (AvgIpc) is 2.29. The van der Waals surface area contributed by atoms with Gasteiger partial charge in [-0.2, -0.15) is 0 Å². The van der Waals surface area contributed by atoms with Gasteiger partial charge in [0.2, 0.25) is 0 Å². The highest BCUT2D eigenvalue weighted by atomic mass is 32.2. The van der Waals surface area contributed by atoms with Gasteiger partial charge in [-0.1, -0.05) is 54.9 Å². The second-order valence-corrected chi connectivity index (χ2v) is 5.26. The molecule has 0 spiro atoms. The summed E-state index contributed by atoms with van der Waals surface area (Å²) in [5.41, 5.74) is 1.43. The van der Waals surface area contributed by atoms with Crippen LogP contribution < -0.4 is 0 Å². The molecule has 0 radical (unpaired) electrons. The van der Waals surface area contributed by atoms with Gasteiger partial charge in [0.25, 0.3) is 0 Å². The first-order chi connectivity index (χ1) is 7.79. The lowest BCUT2D eigenvalue weighted by Gasteiger charge is -2.01. The maximum absolute atomic E-state index is 10.7. The number of rotatable bonds is 7. The minimum absolute atomic E-state index is 0.240. The Kier molecular flexibility index (Phi) is 6.98. The van der Waals surface area contributed by atoms with E-state index in [4.69, 9.17) is 0 Å². The van der Waals surface area contributed by atoms with Crippen molar-refractivity contribution in [3.05, 3.63) is 35.9 Å². The van der Waals surface area contributed by atoms with E-state index in [1.54, 1.807) is 6.92 Å². The van der Waals surface area contributed by atoms with E-state index in [1.165, 1.54) is 49.4 Å². The van der Waals surface area contributed by atoms with Crippen LogP contribution in [0.2, 0.25) is 0 Å². The normalized spacial score (nSPS) is 10.3. The molecule has 1 aromatic rings. The Morgan fingerprint density at radius 1 is 1.06 bits per heavy atom. The number of benzene rings is 1. The van der Waals surface area contributed by atoms with Crippen LogP contribution in [0.4, 0.5) is 0 Å². The fourth-order valence-electron chi connectivity index (χ4n) is 1.65. The summed E-state index contributed by atoms with van der Waals surface area (Å²) in [7, 11) is 0. The van der Waals surface area contributed by atoms with Crippen molar-refractivity contribution in [2.24, 2.45) is 0 Å². The van der Waals surface area contributed by atoms with Gasteiger partial charge in [-0.15, -0.1) is 0 Å². The minimum Gasteiger partial charge on any atom is -0.288 e. The van der Waals surface area contributed by atoms with Crippen molar-refractivity contribution in [3.63, 3.8) is 0 Å². The maximum Gasteiger partial charge on any atom is 0.185 e. The number of hydrogen-bond donors (Lipinski definition) is 0. The summed E-state index contributed by atoms with van der Waals surface area (Å²) < 4.78 is 0. The smallest absolute Gasteiger partial charge is 0.185 e. The second kappa shape index (κ2) is 8.40. The summed E-state index contributed by atoms with van der Waals surface area (Å²) in [5, 5.41) is 0.240. The van der Waals surface area contributed by atoms with Crippen molar-refractivity contribution in [1.82, 2.24) is 0 Å². The van der Waals surface area contributed by atoms with Crippen LogP contribution in [0.1, 0.15) is 38.2 Å². The van der Waals surface area contributed by atoms with Gasteiger partial charge in [0.15, 0.2) is 5.12 Å². The molecule has 0 bridgehead atoms. The molecule has 0 N–H and O–H groups in total. The lowest BCUT2D eigenvalue weighted by atomic mass is 10.1. The van der Waals surface area contributed by atoms with Crippen LogP contribution in [-0.4, -0.2) is 10.9 Å². The van der Waals surface area contributed by atoms with Gasteiger partial charge in [-0.05, 0) is 24.8 Å². The molecule has 0 aromatic heterocycles. The third-order valence-electron chi connectivity index (χ3n) is 2.51. The zero-order valence-corrected chi connectivity index (χ0v) is 10.8. The highest BCUT2D eigenvalue weighted by molar-refractivity contribution is 8.13. The van der Waals surface area contributed by atoms with Crippen LogP contribution in [0.25, 0.3) is 0 Å². The molecule has 0 fully saturated rings. The molecule has 0 aliphatic carbocycles. The van der Waals surface area contributed by atoms with Crippen LogP contribution in [0.3, 0.4) is 0 Å². The molecule has 1 nitrogen and oxygen atoms in total. The minimum atomic E-state index is 0.240. The Labute approximate surface area is 103 Å². The van der Waals surface area contributed by atoms with E-state index < -0.39 is 0 Å². The molecule has 1 rings (SSSR count). The molecular formula is C14H20OS. The zero-order valence-electron chi connectivity index (χ0n) is 9.95. The summed E-state index contributed by atoms with van der Waals surface area (Å²) >= 11 is 1.45. The lowest BCUT2D eigenvalue weighted by molar-refractivity contribution is -0.109. The van der Waals surface area contributed by atoms with Crippen LogP contribution in [0, 0.1) is 0 Å².